The van der Waals surface area contributed by atoms with E-state index >= 15 is 0 Å². The fourth-order valence-electron chi connectivity index (χ4n) is 0.488. The van der Waals surface area contributed by atoms with Crippen molar-refractivity contribution in [2.24, 2.45) is 0 Å². The summed E-state index contributed by atoms with van der Waals surface area (Å²) in [5, 5.41) is 16.4. The van der Waals surface area contributed by atoms with Gasteiger partial charge in [0.1, 0.15) is 5.03 Å². The first kappa shape index (κ1) is 8.70. The van der Waals surface area contributed by atoms with Crippen LogP contribution >= 0.6 is 23.4 Å². The summed E-state index contributed by atoms with van der Waals surface area (Å²) in [6, 6.07) is 0. The number of aliphatic hydroxyl groups excluding tert-OH is 1. The molecule has 0 spiro atoms. The molecule has 11 heavy (non-hydrogen) atoms. The van der Waals surface area contributed by atoms with Gasteiger partial charge in [0.25, 0.3) is 0 Å². The van der Waals surface area contributed by atoms with Gasteiger partial charge in [0, 0.05) is 5.75 Å². The molecule has 0 atom stereocenters. The van der Waals surface area contributed by atoms with Crippen molar-refractivity contribution in [3.05, 3.63) is 11.5 Å². The predicted molar refractivity (Wildman–Crippen MR) is 42.6 cm³/mol. The topological polar surface area (TPSA) is 58.9 Å². The van der Waals surface area contributed by atoms with Gasteiger partial charge >= 0.3 is 0 Å². The molecule has 0 unspecified atom stereocenters. The molecule has 60 valence electrons. The lowest BCUT2D eigenvalue weighted by molar-refractivity contribution is 0.322. The first-order valence-corrected chi connectivity index (χ1v) is 4.28. The van der Waals surface area contributed by atoms with Gasteiger partial charge in [-0.25, -0.2) is 4.98 Å². The second kappa shape index (κ2) is 4.48. The number of thioether (sulfide) groups is 1. The van der Waals surface area contributed by atoms with E-state index in [0.717, 1.165) is 0 Å². The molecule has 0 aliphatic rings. The van der Waals surface area contributed by atoms with Gasteiger partial charge in [0.2, 0.25) is 5.28 Å². The number of halogens is 1. The predicted octanol–water partition coefficient (Wildman–Crippen LogP) is 0.609. The highest BCUT2D eigenvalue weighted by atomic mass is 35.5. The average molecular weight is 192 g/mol. The van der Waals surface area contributed by atoms with Crippen LogP contribution < -0.4 is 0 Å². The van der Waals surface area contributed by atoms with E-state index in [0.29, 0.717) is 10.8 Å². The molecule has 1 heterocycles. The molecule has 0 aliphatic carbocycles. The fourth-order valence-corrected chi connectivity index (χ4v) is 1.25. The van der Waals surface area contributed by atoms with Gasteiger partial charge in [0.15, 0.2) is 0 Å². The number of aromatic nitrogens is 3. The summed E-state index contributed by atoms with van der Waals surface area (Å²) in [5.74, 6) is 0.592. The Bertz CT molecular complexity index is 235. The first-order chi connectivity index (χ1) is 5.33. The molecule has 1 aromatic heterocycles. The van der Waals surface area contributed by atoms with Crippen molar-refractivity contribution in [3.8, 4) is 0 Å². The number of aliphatic hydroxyl groups is 1. The van der Waals surface area contributed by atoms with Crippen LogP contribution in [0.1, 0.15) is 0 Å². The van der Waals surface area contributed by atoms with E-state index in [1.165, 1.54) is 18.0 Å². The summed E-state index contributed by atoms with van der Waals surface area (Å²) >= 11 is 6.85. The summed E-state index contributed by atoms with van der Waals surface area (Å²) in [6.07, 6.45) is 1.51. The summed E-state index contributed by atoms with van der Waals surface area (Å²) < 4.78 is 0. The SMILES string of the molecule is OCCSc1cnnc(Cl)n1. The normalized spacial score (nSPS) is 10.0. The second-order valence-corrected chi connectivity index (χ2v) is 3.09. The molecule has 0 saturated heterocycles. The van der Waals surface area contributed by atoms with Crippen LogP contribution in [0.2, 0.25) is 5.28 Å². The molecular formula is C5H6ClN3OS. The first-order valence-electron chi connectivity index (χ1n) is 2.92. The highest BCUT2D eigenvalue weighted by Gasteiger charge is 1.96. The Labute approximate surface area is 73.0 Å². The lowest BCUT2D eigenvalue weighted by atomic mass is 10.9. The zero-order valence-corrected chi connectivity index (χ0v) is 7.14. The lowest BCUT2D eigenvalue weighted by Gasteiger charge is -1.95. The summed E-state index contributed by atoms with van der Waals surface area (Å²) in [5.41, 5.74) is 0. The highest BCUT2D eigenvalue weighted by molar-refractivity contribution is 7.99. The minimum atomic E-state index is 0.117. The number of rotatable bonds is 3. The molecule has 0 amide bonds. The van der Waals surface area contributed by atoms with E-state index in [1.54, 1.807) is 0 Å². The molecule has 0 bridgehead atoms. The number of hydrogen-bond donors (Lipinski definition) is 1. The standard InChI is InChI=1S/C5H6ClN3OS/c6-5-8-4(3-7-9-5)11-2-1-10/h3,10H,1-2H2. The molecule has 0 radical (unpaired) electrons. The van der Waals surface area contributed by atoms with E-state index in [1.807, 2.05) is 0 Å². The van der Waals surface area contributed by atoms with Gasteiger partial charge in [0.05, 0.1) is 12.8 Å². The smallest absolute Gasteiger partial charge is 0.244 e. The minimum Gasteiger partial charge on any atom is -0.396 e. The maximum absolute atomic E-state index is 8.48. The third kappa shape index (κ3) is 3.00. The molecule has 1 aromatic rings. The Kier molecular flexibility index (Phi) is 3.55. The monoisotopic (exact) mass is 191 g/mol. The molecule has 0 aliphatic heterocycles. The van der Waals surface area contributed by atoms with E-state index in [9.17, 15) is 0 Å². The summed E-state index contributed by atoms with van der Waals surface area (Å²) in [7, 11) is 0. The Morgan fingerprint density at radius 1 is 1.64 bits per heavy atom. The van der Waals surface area contributed by atoms with Crippen molar-refractivity contribution in [3.63, 3.8) is 0 Å². The Morgan fingerprint density at radius 3 is 3.09 bits per heavy atom. The zero-order valence-electron chi connectivity index (χ0n) is 5.57. The molecule has 4 nitrogen and oxygen atoms in total. The average Bonchev–Trinajstić information content (AvgIpc) is 2.01. The van der Waals surface area contributed by atoms with Crippen LogP contribution in [0, 0.1) is 0 Å². The van der Waals surface area contributed by atoms with Crippen LogP contribution in [0.3, 0.4) is 0 Å². The second-order valence-electron chi connectivity index (χ2n) is 1.64. The van der Waals surface area contributed by atoms with Crippen LogP contribution in [0.5, 0.6) is 0 Å². The zero-order chi connectivity index (χ0) is 8.10. The van der Waals surface area contributed by atoms with Gasteiger partial charge in [-0.2, -0.15) is 5.10 Å². The highest BCUT2D eigenvalue weighted by Crippen LogP contribution is 2.13. The van der Waals surface area contributed by atoms with Crippen molar-refractivity contribution in [1.82, 2.24) is 15.2 Å². The van der Waals surface area contributed by atoms with Crippen LogP contribution in [-0.2, 0) is 0 Å². The van der Waals surface area contributed by atoms with Crippen LogP contribution in [0.15, 0.2) is 11.2 Å². The fraction of sp³-hybridized carbons (Fsp3) is 0.400. The molecule has 0 aromatic carbocycles. The Hall–Kier alpha value is -0.390. The van der Waals surface area contributed by atoms with Crippen molar-refractivity contribution >= 4 is 23.4 Å². The Morgan fingerprint density at radius 2 is 2.45 bits per heavy atom. The molecule has 0 saturated carbocycles. The maximum Gasteiger partial charge on any atom is 0.244 e. The number of nitrogens with zero attached hydrogens (tertiary/aromatic N) is 3. The van der Waals surface area contributed by atoms with E-state index in [4.69, 9.17) is 16.7 Å². The van der Waals surface area contributed by atoms with Gasteiger partial charge < -0.3 is 5.11 Å². The van der Waals surface area contributed by atoms with E-state index in [-0.39, 0.29) is 11.9 Å². The van der Waals surface area contributed by atoms with Crippen LogP contribution in [0.4, 0.5) is 0 Å². The molecule has 0 fully saturated rings. The third-order valence-electron chi connectivity index (χ3n) is 0.852. The Balaban J connectivity index is 2.56. The minimum absolute atomic E-state index is 0.117. The lowest BCUT2D eigenvalue weighted by Crippen LogP contribution is -1.91. The van der Waals surface area contributed by atoms with Crippen molar-refractivity contribution < 1.29 is 5.11 Å². The summed E-state index contributed by atoms with van der Waals surface area (Å²) in [6.45, 7) is 0.117. The van der Waals surface area contributed by atoms with E-state index in [2.05, 4.69) is 15.2 Å². The van der Waals surface area contributed by atoms with Crippen LogP contribution in [0.25, 0.3) is 0 Å². The van der Waals surface area contributed by atoms with Gasteiger partial charge in [-0.15, -0.1) is 16.9 Å². The van der Waals surface area contributed by atoms with Gasteiger partial charge in [-0.1, -0.05) is 0 Å². The maximum atomic E-state index is 8.48. The largest absolute Gasteiger partial charge is 0.396 e. The van der Waals surface area contributed by atoms with E-state index < -0.39 is 0 Å². The number of hydrogen-bond acceptors (Lipinski definition) is 5. The quantitative estimate of drug-likeness (QED) is 0.710. The van der Waals surface area contributed by atoms with Gasteiger partial charge in [-0.3, -0.25) is 0 Å². The molecule has 6 heteroatoms. The van der Waals surface area contributed by atoms with Crippen LogP contribution in [-0.4, -0.2) is 32.6 Å². The van der Waals surface area contributed by atoms with Crippen molar-refractivity contribution in [1.29, 1.82) is 0 Å². The van der Waals surface area contributed by atoms with Crippen molar-refractivity contribution in [2.45, 2.75) is 5.03 Å². The molecule has 1 N–H and O–H groups in total. The van der Waals surface area contributed by atoms with Gasteiger partial charge in [-0.05, 0) is 11.6 Å². The summed E-state index contributed by atoms with van der Waals surface area (Å²) in [4.78, 5) is 3.85. The molecular weight excluding hydrogens is 186 g/mol. The third-order valence-corrected chi connectivity index (χ3v) is 1.89. The molecule has 1 rings (SSSR count). The van der Waals surface area contributed by atoms with Crippen molar-refractivity contribution in [2.75, 3.05) is 12.4 Å².